The molecule has 0 spiro atoms. The van der Waals surface area contributed by atoms with Gasteiger partial charge in [0.2, 0.25) is 5.60 Å². The van der Waals surface area contributed by atoms with Crippen molar-refractivity contribution < 1.29 is 38.1 Å². The minimum atomic E-state index is -1.93. The standard InChI is InChI=1S/C15H24O8/c1-6-19-10(16)9-15(13(18)21-8-3)11(12(17)20-7-2)22-14(4,5)23-15/h11H,6-9H2,1-5H3/t11?,15-/m1/s1. The SMILES string of the molecule is CCOC(=O)C[C@@]1(C(=O)OCC)OC(C)(C)OC1C(=O)OCC. The van der Waals surface area contributed by atoms with E-state index in [9.17, 15) is 14.4 Å². The van der Waals surface area contributed by atoms with Gasteiger partial charge in [-0.15, -0.1) is 0 Å². The molecule has 8 nitrogen and oxygen atoms in total. The summed E-state index contributed by atoms with van der Waals surface area (Å²) in [6.07, 6.45) is -1.92. The van der Waals surface area contributed by atoms with Crippen LogP contribution in [0, 0.1) is 0 Å². The first kappa shape index (κ1) is 19.4. The van der Waals surface area contributed by atoms with Gasteiger partial charge >= 0.3 is 17.9 Å². The fraction of sp³-hybridized carbons (Fsp3) is 0.800. The Morgan fingerprint density at radius 2 is 1.52 bits per heavy atom. The molecule has 132 valence electrons. The molecule has 0 saturated carbocycles. The Labute approximate surface area is 135 Å². The van der Waals surface area contributed by atoms with Crippen molar-refractivity contribution in [3.63, 3.8) is 0 Å². The highest BCUT2D eigenvalue weighted by molar-refractivity contribution is 5.93. The molecule has 23 heavy (non-hydrogen) atoms. The lowest BCUT2D eigenvalue weighted by atomic mass is 9.92. The Morgan fingerprint density at radius 3 is 2.04 bits per heavy atom. The molecule has 0 aliphatic carbocycles. The maximum Gasteiger partial charge on any atom is 0.342 e. The van der Waals surface area contributed by atoms with Crippen LogP contribution in [0.3, 0.4) is 0 Å². The monoisotopic (exact) mass is 332 g/mol. The molecule has 0 N–H and O–H groups in total. The topological polar surface area (TPSA) is 97.4 Å². The predicted octanol–water partition coefficient (Wildman–Crippen LogP) is 0.956. The number of hydrogen-bond donors (Lipinski definition) is 0. The van der Waals surface area contributed by atoms with E-state index in [0.717, 1.165) is 0 Å². The maximum absolute atomic E-state index is 12.5. The van der Waals surface area contributed by atoms with Crippen molar-refractivity contribution in [1.29, 1.82) is 0 Å². The normalized spacial score (nSPS) is 25.7. The molecule has 1 aliphatic heterocycles. The average molecular weight is 332 g/mol. The summed E-state index contributed by atoms with van der Waals surface area (Å²) in [4.78, 5) is 36.6. The Bertz CT molecular complexity index is 458. The molecule has 0 aromatic rings. The van der Waals surface area contributed by atoms with Crippen molar-refractivity contribution >= 4 is 17.9 Å². The van der Waals surface area contributed by atoms with Gasteiger partial charge in [0.25, 0.3) is 0 Å². The molecule has 1 aliphatic rings. The average Bonchev–Trinajstić information content (AvgIpc) is 2.72. The minimum absolute atomic E-state index is 0.0583. The molecular formula is C15H24O8. The Kier molecular flexibility index (Phi) is 6.52. The van der Waals surface area contributed by atoms with E-state index in [1.807, 2.05) is 0 Å². The zero-order chi connectivity index (χ0) is 17.7. The van der Waals surface area contributed by atoms with Gasteiger partial charge in [0.1, 0.15) is 0 Å². The first-order valence-corrected chi connectivity index (χ1v) is 7.59. The van der Waals surface area contributed by atoms with Crippen LogP contribution in [0.1, 0.15) is 41.0 Å². The molecule has 1 heterocycles. The van der Waals surface area contributed by atoms with Gasteiger partial charge in [-0.1, -0.05) is 0 Å². The first-order valence-electron chi connectivity index (χ1n) is 7.59. The van der Waals surface area contributed by atoms with Crippen LogP contribution in [0.5, 0.6) is 0 Å². The van der Waals surface area contributed by atoms with Crippen LogP contribution < -0.4 is 0 Å². The fourth-order valence-electron chi connectivity index (χ4n) is 2.38. The van der Waals surface area contributed by atoms with Gasteiger partial charge in [-0.05, 0) is 34.6 Å². The van der Waals surface area contributed by atoms with Crippen LogP contribution in [-0.2, 0) is 38.1 Å². The summed E-state index contributed by atoms with van der Waals surface area (Å²) in [5, 5.41) is 0. The highest BCUT2D eigenvalue weighted by atomic mass is 16.8. The van der Waals surface area contributed by atoms with Crippen LogP contribution >= 0.6 is 0 Å². The van der Waals surface area contributed by atoms with Gasteiger partial charge in [-0.25, -0.2) is 9.59 Å². The van der Waals surface area contributed by atoms with Crippen molar-refractivity contribution in [3.05, 3.63) is 0 Å². The van der Waals surface area contributed by atoms with E-state index in [2.05, 4.69) is 0 Å². The molecule has 0 aromatic carbocycles. The molecule has 1 unspecified atom stereocenters. The van der Waals surface area contributed by atoms with Gasteiger partial charge in [0, 0.05) is 0 Å². The van der Waals surface area contributed by atoms with E-state index >= 15 is 0 Å². The smallest absolute Gasteiger partial charge is 0.342 e. The predicted molar refractivity (Wildman–Crippen MR) is 77.3 cm³/mol. The van der Waals surface area contributed by atoms with Crippen LogP contribution in [0.2, 0.25) is 0 Å². The second kappa shape index (κ2) is 7.74. The maximum atomic E-state index is 12.5. The first-order chi connectivity index (χ1) is 10.7. The summed E-state index contributed by atoms with van der Waals surface area (Å²) in [5.41, 5.74) is -1.93. The summed E-state index contributed by atoms with van der Waals surface area (Å²) in [5.74, 6) is -3.63. The van der Waals surface area contributed by atoms with Crippen molar-refractivity contribution in [2.75, 3.05) is 19.8 Å². The summed E-state index contributed by atoms with van der Waals surface area (Å²) in [7, 11) is 0. The summed E-state index contributed by atoms with van der Waals surface area (Å²) < 4.78 is 26.0. The lowest BCUT2D eigenvalue weighted by molar-refractivity contribution is -0.194. The van der Waals surface area contributed by atoms with Gasteiger partial charge in [-0.3, -0.25) is 4.79 Å². The summed E-state index contributed by atoms with van der Waals surface area (Å²) in [6, 6.07) is 0. The third kappa shape index (κ3) is 4.42. The molecule has 1 fully saturated rings. The van der Waals surface area contributed by atoms with Crippen LogP contribution in [-0.4, -0.2) is 55.2 Å². The largest absolute Gasteiger partial charge is 0.466 e. The second-order valence-corrected chi connectivity index (χ2v) is 5.34. The lowest BCUT2D eigenvalue weighted by Crippen LogP contribution is -2.54. The van der Waals surface area contributed by atoms with E-state index in [4.69, 9.17) is 23.7 Å². The third-order valence-corrected chi connectivity index (χ3v) is 3.09. The van der Waals surface area contributed by atoms with Gasteiger partial charge in [-0.2, -0.15) is 0 Å². The zero-order valence-electron chi connectivity index (χ0n) is 14.2. The highest BCUT2D eigenvalue weighted by Gasteiger charge is 2.64. The quantitative estimate of drug-likeness (QED) is 0.502. The molecule has 0 bridgehead atoms. The van der Waals surface area contributed by atoms with Crippen LogP contribution in [0.25, 0.3) is 0 Å². The molecule has 0 aromatic heterocycles. The number of ether oxygens (including phenoxy) is 5. The third-order valence-electron chi connectivity index (χ3n) is 3.09. The van der Waals surface area contributed by atoms with E-state index in [1.165, 1.54) is 13.8 Å². The van der Waals surface area contributed by atoms with Crippen molar-refractivity contribution in [3.8, 4) is 0 Å². The van der Waals surface area contributed by atoms with Gasteiger partial charge in [0.05, 0.1) is 26.2 Å². The molecule has 2 atom stereocenters. The van der Waals surface area contributed by atoms with E-state index < -0.39 is 41.8 Å². The number of carbonyl (C=O) groups excluding carboxylic acids is 3. The molecule has 0 amide bonds. The number of rotatable bonds is 7. The number of esters is 3. The van der Waals surface area contributed by atoms with E-state index in [-0.39, 0.29) is 19.8 Å². The van der Waals surface area contributed by atoms with Gasteiger partial charge in [0.15, 0.2) is 11.9 Å². The van der Waals surface area contributed by atoms with Crippen molar-refractivity contribution in [1.82, 2.24) is 0 Å². The summed E-state index contributed by atoms with van der Waals surface area (Å²) >= 11 is 0. The molecule has 1 rings (SSSR count). The number of hydrogen-bond acceptors (Lipinski definition) is 8. The highest BCUT2D eigenvalue weighted by Crippen LogP contribution is 2.40. The lowest BCUT2D eigenvalue weighted by Gasteiger charge is -2.28. The van der Waals surface area contributed by atoms with E-state index in [1.54, 1.807) is 20.8 Å². The molecule has 1 saturated heterocycles. The Hall–Kier alpha value is -1.67. The molecule has 8 heteroatoms. The Balaban J connectivity index is 3.23. The fourth-order valence-corrected chi connectivity index (χ4v) is 2.38. The molecular weight excluding hydrogens is 308 g/mol. The van der Waals surface area contributed by atoms with Crippen LogP contribution in [0.4, 0.5) is 0 Å². The number of carbonyl (C=O) groups is 3. The van der Waals surface area contributed by atoms with Gasteiger partial charge < -0.3 is 23.7 Å². The zero-order valence-corrected chi connectivity index (χ0v) is 14.2. The van der Waals surface area contributed by atoms with Crippen LogP contribution in [0.15, 0.2) is 0 Å². The summed E-state index contributed by atoms with van der Waals surface area (Å²) in [6.45, 7) is 8.21. The molecule has 0 radical (unpaired) electrons. The Morgan fingerprint density at radius 1 is 0.957 bits per heavy atom. The van der Waals surface area contributed by atoms with E-state index in [0.29, 0.717) is 0 Å². The van der Waals surface area contributed by atoms with Crippen molar-refractivity contribution in [2.24, 2.45) is 0 Å². The minimum Gasteiger partial charge on any atom is -0.466 e. The van der Waals surface area contributed by atoms with Crippen molar-refractivity contribution in [2.45, 2.75) is 58.5 Å². The second-order valence-electron chi connectivity index (χ2n) is 5.34.